The first-order valence-electron chi connectivity index (χ1n) is 10.1. The number of pyridine rings is 1. The van der Waals surface area contributed by atoms with Crippen LogP contribution in [-0.4, -0.2) is 49.2 Å². The molecule has 170 valence electrons. The minimum absolute atomic E-state index is 0.0367. The standard InChI is InChI=1S/C23H21N3O5S2/c1-25(2)33(30,31)17-9-7-16(8-10-17)21(27)19-20(18-6-4-12-32-18)26(23(29)22(19)28)14-15-5-3-11-24-13-15/h3-13,19-20H,14H2,1-2H3/p+1. The summed E-state index contributed by atoms with van der Waals surface area (Å²) in [6.45, 7) is 0.175. The Morgan fingerprint density at radius 2 is 1.82 bits per heavy atom. The van der Waals surface area contributed by atoms with Gasteiger partial charge in [-0.05, 0) is 29.6 Å². The zero-order valence-electron chi connectivity index (χ0n) is 18.0. The molecule has 0 radical (unpaired) electrons. The molecule has 2 atom stereocenters. The number of benzene rings is 1. The highest BCUT2D eigenvalue weighted by Gasteiger charge is 2.52. The lowest BCUT2D eigenvalue weighted by Crippen LogP contribution is -2.30. The molecule has 0 bridgehead atoms. The van der Waals surface area contributed by atoms with Crippen molar-refractivity contribution in [2.24, 2.45) is 5.92 Å². The summed E-state index contributed by atoms with van der Waals surface area (Å²) >= 11 is 1.37. The highest BCUT2D eigenvalue weighted by Crippen LogP contribution is 2.40. The molecule has 1 fully saturated rings. The summed E-state index contributed by atoms with van der Waals surface area (Å²) in [4.78, 5) is 44.6. The Morgan fingerprint density at radius 3 is 2.39 bits per heavy atom. The molecule has 1 aliphatic heterocycles. The van der Waals surface area contributed by atoms with Crippen LogP contribution in [-0.2, 0) is 26.2 Å². The van der Waals surface area contributed by atoms with Crippen molar-refractivity contribution >= 4 is 38.8 Å². The van der Waals surface area contributed by atoms with Crippen LogP contribution in [0.15, 0.2) is 71.2 Å². The largest absolute Gasteiger partial charge is 0.322 e. The molecule has 0 spiro atoms. The van der Waals surface area contributed by atoms with Gasteiger partial charge in [-0.2, -0.15) is 0 Å². The van der Waals surface area contributed by atoms with Crippen LogP contribution in [0.2, 0.25) is 0 Å². The lowest BCUT2D eigenvalue weighted by atomic mass is 9.89. The number of carbonyl (C=O) groups excluding carboxylic acids is 3. The molecule has 3 heterocycles. The summed E-state index contributed by atoms with van der Waals surface area (Å²) in [6, 6.07) is 11.9. The number of aromatic amines is 1. The van der Waals surface area contributed by atoms with E-state index in [0.29, 0.717) is 0 Å². The number of aromatic nitrogens is 1. The van der Waals surface area contributed by atoms with Gasteiger partial charge in [0, 0.05) is 36.2 Å². The van der Waals surface area contributed by atoms with E-state index in [1.165, 1.54) is 54.6 Å². The molecule has 1 aromatic carbocycles. The van der Waals surface area contributed by atoms with Crippen LogP contribution in [0.1, 0.15) is 26.8 Å². The zero-order valence-corrected chi connectivity index (χ0v) is 19.6. The number of nitrogens with one attached hydrogen (secondary N) is 1. The van der Waals surface area contributed by atoms with Gasteiger partial charge in [-0.25, -0.2) is 17.7 Å². The second-order valence-corrected chi connectivity index (χ2v) is 11.0. The van der Waals surface area contributed by atoms with Crippen LogP contribution >= 0.6 is 11.3 Å². The molecule has 1 amide bonds. The van der Waals surface area contributed by atoms with Gasteiger partial charge in [0.15, 0.2) is 18.2 Å². The van der Waals surface area contributed by atoms with Gasteiger partial charge >= 0.3 is 0 Å². The van der Waals surface area contributed by atoms with E-state index in [-0.39, 0.29) is 17.0 Å². The van der Waals surface area contributed by atoms with Crippen molar-refractivity contribution in [3.8, 4) is 0 Å². The molecule has 3 aromatic rings. The molecule has 1 N–H and O–H groups in total. The van der Waals surface area contributed by atoms with Crippen molar-refractivity contribution in [3.05, 3.63) is 82.3 Å². The SMILES string of the molecule is CN(C)S(=O)(=O)c1ccc(C(=O)C2C(=O)C(=O)N(Cc3ccc[nH+]c3)C2c2cccs2)cc1. The summed E-state index contributed by atoms with van der Waals surface area (Å²) in [5, 5.41) is 1.83. The van der Waals surface area contributed by atoms with Gasteiger partial charge in [0.1, 0.15) is 5.92 Å². The predicted octanol–water partition coefficient (Wildman–Crippen LogP) is 1.96. The Balaban J connectivity index is 1.70. The van der Waals surface area contributed by atoms with Gasteiger partial charge in [0.05, 0.1) is 17.5 Å². The van der Waals surface area contributed by atoms with Crippen molar-refractivity contribution in [1.29, 1.82) is 0 Å². The number of hydrogen-bond donors (Lipinski definition) is 0. The Hall–Kier alpha value is -3.21. The van der Waals surface area contributed by atoms with E-state index < -0.39 is 39.5 Å². The third kappa shape index (κ3) is 4.24. The number of nitrogens with zero attached hydrogens (tertiary/aromatic N) is 2. The summed E-state index contributed by atoms with van der Waals surface area (Å²) in [5.74, 6) is -3.19. The Morgan fingerprint density at radius 1 is 1.09 bits per heavy atom. The van der Waals surface area contributed by atoms with Gasteiger partial charge in [-0.1, -0.05) is 18.2 Å². The van der Waals surface area contributed by atoms with Gasteiger partial charge in [0.2, 0.25) is 15.8 Å². The number of likely N-dealkylation sites (tertiary alicyclic amines) is 1. The molecule has 1 saturated heterocycles. The van der Waals surface area contributed by atoms with E-state index in [1.807, 2.05) is 17.5 Å². The van der Waals surface area contributed by atoms with Crippen LogP contribution in [0.3, 0.4) is 0 Å². The summed E-state index contributed by atoms with van der Waals surface area (Å²) < 4.78 is 25.7. The summed E-state index contributed by atoms with van der Waals surface area (Å²) in [7, 11) is -0.819. The highest BCUT2D eigenvalue weighted by atomic mass is 32.2. The van der Waals surface area contributed by atoms with Crippen molar-refractivity contribution in [2.75, 3.05) is 14.1 Å². The average molecular weight is 485 g/mol. The second-order valence-electron chi connectivity index (χ2n) is 7.82. The van der Waals surface area contributed by atoms with Crippen LogP contribution in [0, 0.1) is 5.92 Å². The third-order valence-corrected chi connectivity index (χ3v) is 8.34. The van der Waals surface area contributed by atoms with E-state index in [9.17, 15) is 22.8 Å². The minimum Gasteiger partial charge on any atom is -0.322 e. The number of rotatable bonds is 7. The smallest absolute Gasteiger partial charge is 0.291 e. The maximum atomic E-state index is 13.4. The topological polar surface area (TPSA) is 106 Å². The number of H-pyrrole nitrogens is 1. The van der Waals surface area contributed by atoms with E-state index in [4.69, 9.17) is 0 Å². The highest BCUT2D eigenvalue weighted by molar-refractivity contribution is 7.89. The van der Waals surface area contributed by atoms with Crippen molar-refractivity contribution in [2.45, 2.75) is 17.5 Å². The van der Waals surface area contributed by atoms with Gasteiger partial charge in [-0.15, -0.1) is 11.3 Å². The third-order valence-electron chi connectivity index (χ3n) is 5.56. The Bertz CT molecular complexity index is 1290. The first-order valence-corrected chi connectivity index (χ1v) is 12.4. The first-order chi connectivity index (χ1) is 15.7. The first kappa shape index (κ1) is 23.0. The zero-order chi connectivity index (χ0) is 23.8. The number of amides is 1. The molecule has 0 saturated carbocycles. The number of sulfonamides is 1. The van der Waals surface area contributed by atoms with Gasteiger partial charge < -0.3 is 4.90 Å². The molecular formula is C23H22N3O5S2+. The van der Waals surface area contributed by atoms with Crippen LogP contribution < -0.4 is 4.98 Å². The van der Waals surface area contributed by atoms with Crippen LogP contribution in [0.5, 0.6) is 0 Å². The van der Waals surface area contributed by atoms with E-state index in [2.05, 4.69) is 4.98 Å². The molecular weight excluding hydrogens is 462 g/mol. The van der Waals surface area contributed by atoms with E-state index in [1.54, 1.807) is 24.5 Å². The lowest BCUT2D eigenvalue weighted by Gasteiger charge is -2.25. The van der Waals surface area contributed by atoms with Crippen molar-refractivity contribution in [3.63, 3.8) is 0 Å². The van der Waals surface area contributed by atoms with E-state index >= 15 is 0 Å². The molecule has 1 aliphatic rings. The number of hydrogen-bond acceptors (Lipinski definition) is 6. The maximum Gasteiger partial charge on any atom is 0.291 e. The molecule has 33 heavy (non-hydrogen) atoms. The number of Topliss-reactive ketones (excluding diaryl/α,β-unsaturated/α-hetero) is 2. The lowest BCUT2D eigenvalue weighted by molar-refractivity contribution is -0.378. The fourth-order valence-corrected chi connectivity index (χ4v) is 5.62. The molecule has 2 aromatic heterocycles. The fourth-order valence-electron chi connectivity index (χ4n) is 3.84. The van der Waals surface area contributed by atoms with Crippen molar-refractivity contribution in [1.82, 2.24) is 9.21 Å². The van der Waals surface area contributed by atoms with Crippen LogP contribution in [0.25, 0.3) is 0 Å². The van der Waals surface area contributed by atoms with Crippen molar-refractivity contribution < 1.29 is 27.8 Å². The van der Waals surface area contributed by atoms with Gasteiger partial charge in [-0.3, -0.25) is 14.4 Å². The molecule has 8 nitrogen and oxygen atoms in total. The molecule has 10 heteroatoms. The maximum absolute atomic E-state index is 13.4. The average Bonchev–Trinajstić information content (AvgIpc) is 3.42. The minimum atomic E-state index is -3.66. The predicted molar refractivity (Wildman–Crippen MR) is 121 cm³/mol. The summed E-state index contributed by atoms with van der Waals surface area (Å²) in [5.41, 5.74) is 0.974. The van der Waals surface area contributed by atoms with E-state index in [0.717, 1.165) is 14.7 Å². The molecule has 2 unspecified atom stereocenters. The Labute approximate surface area is 195 Å². The molecule has 4 rings (SSSR count). The number of thiophene rings is 1. The monoisotopic (exact) mass is 484 g/mol. The quantitative estimate of drug-likeness (QED) is 0.290. The fraction of sp³-hybridized carbons (Fsp3) is 0.217. The van der Waals surface area contributed by atoms with Gasteiger partial charge in [0.25, 0.3) is 5.91 Å². The number of carbonyl (C=O) groups is 3. The van der Waals surface area contributed by atoms with Crippen LogP contribution in [0.4, 0.5) is 0 Å². The molecule has 0 aliphatic carbocycles. The number of ketones is 2. The summed E-state index contributed by atoms with van der Waals surface area (Å²) in [6.07, 6.45) is 3.48. The normalized spacial score (nSPS) is 18.8. The second kappa shape index (κ2) is 8.97. The Kier molecular flexibility index (Phi) is 6.24.